The van der Waals surface area contributed by atoms with Crippen molar-refractivity contribution in [1.82, 2.24) is 9.80 Å². The summed E-state index contributed by atoms with van der Waals surface area (Å²) in [4.78, 5) is 32.1. The van der Waals surface area contributed by atoms with E-state index in [9.17, 15) is 9.59 Å². The van der Waals surface area contributed by atoms with Gasteiger partial charge in [0.15, 0.2) is 0 Å². The Kier molecular flexibility index (Phi) is 6.26. The number of piperidine rings is 1. The lowest BCUT2D eigenvalue weighted by Crippen LogP contribution is -2.52. The number of hydrogen-bond donors (Lipinski definition) is 0. The van der Waals surface area contributed by atoms with Crippen molar-refractivity contribution in [2.75, 3.05) is 37.6 Å². The third-order valence-electron chi connectivity index (χ3n) is 6.55. The summed E-state index contributed by atoms with van der Waals surface area (Å²) < 4.78 is 6.01. The molecule has 158 valence electrons. The molecule has 0 N–H and O–H groups in total. The van der Waals surface area contributed by atoms with Crippen molar-refractivity contribution in [3.05, 3.63) is 24.3 Å². The van der Waals surface area contributed by atoms with Crippen molar-refractivity contribution in [3.63, 3.8) is 0 Å². The fourth-order valence-electron chi connectivity index (χ4n) is 4.73. The first-order valence-corrected chi connectivity index (χ1v) is 11.3. The van der Waals surface area contributed by atoms with Crippen LogP contribution in [0, 0.1) is 5.92 Å². The van der Waals surface area contributed by atoms with Gasteiger partial charge in [-0.15, -0.1) is 0 Å². The molecule has 0 aliphatic carbocycles. The number of carbonyl (C=O) groups excluding carboxylic acids is 2. The molecule has 0 radical (unpaired) electrons. The fraction of sp³-hybridized carbons (Fsp3) is 0.652. The van der Waals surface area contributed by atoms with E-state index in [2.05, 4.69) is 11.8 Å². The number of ether oxygens (including phenoxy) is 1. The maximum Gasteiger partial charge on any atom is 0.324 e. The summed E-state index contributed by atoms with van der Waals surface area (Å²) in [6, 6.07) is 7.82. The van der Waals surface area contributed by atoms with Crippen molar-refractivity contribution in [1.29, 1.82) is 0 Å². The average Bonchev–Trinajstić information content (AvgIpc) is 3.07. The molecular weight excluding hydrogens is 366 g/mol. The number of carbonyl (C=O) groups is 2. The highest BCUT2D eigenvalue weighted by molar-refractivity contribution is 5.94. The summed E-state index contributed by atoms with van der Waals surface area (Å²) in [6.07, 6.45) is 7.14. The average molecular weight is 400 g/mol. The van der Waals surface area contributed by atoms with Crippen LogP contribution in [0.15, 0.2) is 24.3 Å². The lowest BCUT2D eigenvalue weighted by molar-refractivity contribution is -0.136. The summed E-state index contributed by atoms with van der Waals surface area (Å²) in [5.41, 5.74) is 0.852. The van der Waals surface area contributed by atoms with Crippen molar-refractivity contribution in [2.24, 2.45) is 5.92 Å². The summed E-state index contributed by atoms with van der Waals surface area (Å²) >= 11 is 0. The second-order valence-corrected chi connectivity index (χ2v) is 8.51. The number of nitrogens with zero attached hydrogens (tertiary/aromatic N) is 3. The van der Waals surface area contributed by atoms with Crippen molar-refractivity contribution in [2.45, 2.75) is 58.0 Å². The Labute approximate surface area is 173 Å². The van der Waals surface area contributed by atoms with Crippen LogP contribution >= 0.6 is 0 Å². The van der Waals surface area contributed by atoms with E-state index in [1.807, 2.05) is 34.1 Å². The number of likely N-dealkylation sites (tertiary alicyclic amines) is 2. The Morgan fingerprint density at radius 3 is 2.34 bits per heavy atom. The van der Waals surface area contributed by atoms with Crippen LogP contribution in [0.5, 0.6) is 5.75 Å². The molecule has 2 saturated heterocycles. The molecule has 3 amide bonds. The third kappa shape index (κ3) is 4.36. The number of rotatable bonds is 2. The predicted molar refractivity (Wildman–Crippen MR) is 113 cm³/mol. The molecule has 3 aliphatic heterocycles. The molecular formula is C23H33N3O3. The highest BCUT2D eigenvalue weighted by Gasteiger charge is 2.35. The van der Waals surface area contributed by atoms with Gasteiger partial charge in [0, 0.05) is 32.1 Å². The van der Waals surface area contributed by atoms with Crippen LogP contribution in [-0.4, -0.2) is 60.6 Å². The Morgan fingerprint density at radius 2 is 1.66 bits per heavy atom. The highest BCUT2D eigenvalue weighted by Crippen LogP contribution is 2.35. The molecule has 3 aliphatic rings. The molecule has 1 aromatic rings. The lowest BCUT2D eigenvalue weighted by Gasteiger charge is -2.40. The van der Waals surface area contributed by atoms with E-state index >= 15 is 0 Å². The van der Waals surface area contributed by atoms with Crippen LogP contribution in [0.3, 0.4) is 0 Å². The van der Waals surface area contributed by atoms with Crippen LogP contribution in [0.4, 0.5) is 10.5 Å². The number of fused-ring (bicyclic) bond motifs is 1. The topological polar surface area (TPSA) is 53.1 Å². The van der Waals surface area contributed by atoms with E-state index in [0.29, 0.717) is 25.5 Å². The van der Waals surface area contributed by atoms with Crippen LogP contribution in [0.1, 0.15) is 51.9 Å². The van der Waals surface area contributed by atoms with Gasteiger partial charge >= 0.3 is 6.03 Å². The molecule has 6 nitrogen and oxygen atoms in total. The number of benzene rings is 1. The lowest BCUT2D eigenvalue weighted by atomic mass is 9.95. The maximum absolute atomic E-state index is 13.3. The first-order valence-electron chi connectivity index (χ1n) is 11.3. The number of para-hydroxylation sites is 2. The van der Waals surface area contributed by atoms with Gasteiger partial charge in [0.2, 0.25) is 5.91 Å². The van der Waals surface area contributed by atoms with E-state index in [-0.39, 0.29) is 18.1 Å². The molecule has 0 saturated carbocycles. The number of anilines is 1. The van der Waals surface area contributed by atoms with Gasteiger partial charge in [-0.2, -0.15) is 0 Å². The number of urea groups is 1. The largest absolute Gasteiger partial charge is 0.486 e. The smallest absolute Gasteiger partial charge is 0.324 e. The molecule has 0 bridgehead atoms. The standard InChI is InChI=1S/C23H33N3O3/c1-2-19-17-26(20-9-5-6-10-21(20)29-19)23(28)25-15-11-18(12-16-25)22(27)24-13-7-3-4-8-14-24/h5-6,9-10,18-19H,2-4,7-8,11-17H2,1H3. The zero-order valence-corrected chi connectivity index (χ0v) is 17.5. The normalized spacial score (nSPS) is 23.2. The first-order chi connectivity index (χ1) is 14.2. The minimum absolute atomic E-state index is 0.0241. The van der Waals surface area contributed by atoms with E-state index in [0.717, 1.165) is 56.6 Å². The van der Waals surface area contributed by atoms with E-state index in [1.54, 1.807) is 0 Å². The molecule has 1 aromatic carbocycles. The van der Waals surface area contributed by atoms with E-state index in [4.69, 9.17) is 4.74 Å². The zero-order chi connectivity index (χ0) is 20.2. The molecule has 6 heteroatoms. The van der Waals surface area contributed by atoms with Gasteiger partial charge in [-0.1, -0.05) is 31.9 Å². The molecule has 3 heterocycles. The second-order valence-electron chi connectivity index (χ2n) is 8.51. The highest BCUT2D eigenvalue weighted by atomic mass is 16.5. The van der Waals surface area contributed by atoms with E-state index < -0.39 is 0 Å². The Bertz CT molecular complexity index is 722. The molecule has 0 spiro atoms. The van der Waals surface area contributed by atoms with E-state index in [1.165, 1.54) is 12.8 Å². The van der Waals surface area contributed by atoms with Gasteiger partial charge in [-0.05, 0) is 44.2 Å². The third-order valence-corrected chi connectivity index (χ3v) is 6.55. The zero-order valence-electron chi connectivity index (χ0n) is 17.5. The molecule has 1 atom stereocenters. The minimum Gasteiger partial charge on any atom is -0.486 e. The van der Waals surface area contributed by atoms with Crippen LogP contribution in [0.2, 0.25) is 0 Å². The van der Waals surface area contributed by atoms with Crippen molar-refractivity contribution >= 4 is 17.6 Å². The van der Waals surface area contributed by atoms with Crippen LogP contribution in [-0.2, 0) is 4.79 Å². The summed E-state index contributed by atoms with van der Waals surface area (Å²) in [6.45, 7) is 5.78. The second kappa shape index (κ2) is 9.06. The molecule has 29 heavy (non-hydrogen) atoms. The van der Waals surface area contributed by atoms with Crippen LogP contribution < -0.4 is 9.64 Å². The molecule has 0 aromatic heterocycles. The number of amides is 3. The van der Waals surface area contributed by atoms with Gasteiger partial charge in [-0.25, -0.2) is 4.79 Å². The number of hydrogen-bond acceptors (Lipinski definition) is 3. The van der Waals surface area contributed by atoms with Gasteiger partial charge in [0.1, 0.15) is 11.9 Å². The maximum atomic E-state index is 13.3. The quantitative estimate of drug-likeness (QED) is 0.758. The van der Waals surface area contributed by atoms with Crippen LogP contribution in [0.25, 0.3) is 0 Å². The van der Waals surface area contributed by atoms with Crippen molar-refractivity contribution in [3.8, 4) is 5.75 Å². The SMILES string of the molecule is CCC1CN(C(=O)N2CCC(C(=O)N3CCCCCC3)CC2)c2ccccc2O1. The van der Waals surface area contributed by atoms with Crippen molar-refractivity contribution < 1.29 is 14.3 Å². The first kappa shape index (κ1) is 20.0. The Balaban J connectivity index is 1.38. The Hall–Kier alpha value is -2.24. The summed E-state index contributed by atoms with van der Waals surface area (Å²) in [5.74, 6) is 1.16. The summed E-state index contributed by atoms with van der Waals surface area (Å²) in [5, 5.41) is 0. The monoisotopic (exact) mass is 399 g/mol. The predicted octanol–water partition coefficient (Wildman–Crippen LogP) is 3.90. The molecule has 1 unspecified atom stereocenters. The molecule has 4 rings (SSSR count). The fourth-order valence-corrected chi connectivity index (χ4v) is 4.73. The summed E-state index contributed by atoms with van der Waals surface area (Å²) in [7, 11) is 0. The minimum atomic E-state index is 0.0241. The van der Waals surface area contributed by atoms with Gasteiger partial charge in [-0.3, -0.25) is 9.69 Å². The molecule has 2 fully saturated rings. The van der Waals surface area contributed by atoms with Gasteiger partial charge in [0.05, 0.1) is 12.2 Å². The Morgan fingerprint density at radius 1 is 0.966 bits per heavy atom. The van der Waals surface area contributed by atoms with Gasteiger partial charge < -0.3 is 14.5 Å². The van der Waals surface area contributed by atoms with Gasteiger partial charge in [0.25, 0.3) is 0 Å².